The molecule has 0 fully saturated rings. The maximum Gasteiger partial charge on any atom is 0.338 e. The lowest BCUT2D eigenvalue weighted by molar-refractivity contribution is -0.0917. The van der Waals surface area contributed by atoms with E-state index < -0.39 is 11.6 Å². The van der Waals surface area contributed by atoms with Gasteiger partial charge in [0.1, 0.15) is 5.60 Å². The number of ether oxygens (including phenoxy) is 2. The largest absolute Gasteiger partial charge is 0.454 e. The van der Waals surface area contributed by atoms with E-state index in [4.69, 9.17) is 14.6 Å². The average molecular weight is 280 g/mol. The highest BCUT2D eigenvalue weighted by Gasteiger charge is 2.26. The fraction of sp³-hybridized carbons (Fsp3) is 0.562. The van der Waals surface area contributed by atoms with Crippen molar-refractivity contribution >= 4 is 5.97 Å². The molecule has 0 amide bonds. The van der Waals surface area contributed by atoms with E-state index in [0.29, 0.717) is 12.2 Å². The lowest BCUT2D eigenvalue weighted by Crippen LogP contribution is -2.37. The van der Waals surface area contributed by atoms with Gasteiger partial charge in [-0.25, -0.2) is 4.79 Å². The van der Waals surface area contributed by atoms with Gasteiger partial charge in [0.05, 0.1) is 24.4 Å². The minimum atomic E-state index is -0.694. The molecule has 1 aromatic carbocycles. The molecule has 0 aromatic heterocycles. The van der Waals surface area contributed by atoms with Crippen molar-refractivity contribution in [2.75, 3.05) is 6.61 Å². The number of hydrogen-bond donors (Lipinski definition) is 1. The van der Waals surface area contributed by atoms with Gasteiger partial charge in [0.15, 0.2) is 0 Å². The quantitative estimate of drug-likeness (QED) is 0.843. The molecule has 0 unspecified atom stereocenters. The molecular formula is C16H24O4. The van der Waals surface area contributed by atoms with Crippen LogP contribution in [-0.4, -0.2) is 28.9 Å². The minimum absolute atomic E-state index is 0.0414. The Kier molecular flexibility index (Phi) is 5.31. The molecular weight excluding hydrogens is 256 g/mol. The van der Waals surface area contributed by atoms with Gasteiger partial charge in [-0.05, 0) is 52.3 Å². The number of esters is 1. The summed E-state index contributed by atoms with van der Waals surface area (Å²) in [4.78, 5) is 12.0. The number of aliphatic hydroxyl groups excluding tert-OH is 1. The molecule has 1 N–H and O–H groups in total. The van der Waals surface area contributed by atoms with E-state index >= 15 is 0 Å². The van der Waals surface area contributed by atoms with Crippen LogP contribution in [0.4, 0.5) is 0 Å². The van der Waals surface area contributed by atoms with Gasteiger partial charge < -0.3 is 14.6 Å². The predicted molar refractivity (Wildman–Crippen MR) is 77.6 cm³/mol. The molecule has 0 heterocycles. The zero-order valence-corrected chi connectivity index (χ0v) is 12.9. The molecule has 112 valence electrons. The lowest BCUT2D eigenvalue weighted by atomic mass is 10.1. The summed E-state index contributed by atoms with van der Waals surface area (Å²) in [5.74, 6) is -0.392. The second-order valence-corrected chi connectivity index (χ2v) is 6.41. The third-order valence-corrected chi connectivity index (χ3v) is 2.59. The van der Waals surface area contributed by atoms with E-state index in [2.05, 4.69) is 0 Å². The molecule has 1 rings (SSSR count). The lowest BCUT2D eigenvalue weighted by Gasteiger charge is -2.29. The fourth-order valence-electron chi connectivity index (χ4n) is 1.48. The van der Waals surface area contributed by atoms with Crippen LogP contribution in [0.3, 0.4) is 0 Å². The first-order valence-electron chi connectivity index (χ1n) is 6.70. The Morgan fingerprint density at radius 1 is 1.10 bits per heavy atom. The van der Waals surface area contributed by atoms with Gasteiger partial charge in [0.2, 0.25) is 0 Å². The van der Waals surface area contributed by atoms with Gasteiger partial charge in [-0.1, -0.05) is 12.1 Å². The van der Waals surface area contributed by atoms with Crippen LogP contribution in [0.1, 0.15) is 50.5 Å². The molecule has 0 aliphatic heterocycles. The van der Waals surface area contributed by atoms with Crippen molar-refractivity contribution in [2.45, 2.75) is 52.4 Å². The molecule has 0 atom stereocenters. The highest BCUT2D eigenvalue weighted by molar-refractivity contribution is 5.89. The SMILES string of the molecule is CC(C)(C)OCC(C)(C)OC(=O)c1ccc(CO)cc1. The summed E-state index contributed by atoms with van der Waals surface area (Å²) in [5, 5.41) is 8.97. The van der Waals surface area contributed by atoms with E-state index in [1.165, 1.54) is 0 Å². The van der Waals surface area contributed by atoms with Crippen molar-refractivity contribution in [3.8, 4) is 0 Å². The van der Waals surface area contributed by atoms with Gasteiger partial charge in [-0.2, -0.15) is 0 Å². The molecule has 0 saturated carbocycles. The first kappa shape index (κ1) is 16.7. The normalized spacial score (nSPS) is 12.3. The van der Waals surface area contributed by atoms with E-state index in [0.717, 1.165) is 5.56 Å². The minimum Gasteiger partial charge on any atom is -0.454 e. The molecule has 0 aliphatic carbocycles. The molecule has 1 aromatic rings. The Balaban J connectivity index is 2.63. The predicted octanol–water partition coefficient (Wildman–Crippen LogP) is 2.93. The molecule has 0 bridgehead atoms. The van der Waals surface area contributed by atoms with Crippen molar-refractivity contribution in [3.63, 3.8) is 0 Å². The van der Waals surface area contributed by atoms with Crippen LogP contribution in [0.5, 0.6) is 0 Å². The third-order valence-electron chi connectivity index (χ3n) is 2.59. The van der Waals surface area contributed by atoms with E-state index in [1.807, 2.05) is 34.6 Å². The number of carbonyl (C=O) groups excluding carboxylic acids is 1. The Bertz CT molecular complexity index is 441. The molecule has 0 aliphatic rings. The van der Waals surface area contributed by atoms with E-state index in [1.54, 1.807) is 24.3 Å². The summed E-state index contributed by atoms with van der Waals surface area (Å²) in [6.45, 7) is 9.80. The number of carbonyl (C=O) groups is 1. The Labute approximate surface area is 120 Å². The van der Waals surface area contributed by atoms with Crippen molar-refractivity contribution < 1.29 is 19.4 Å². The summed E-state index contributed by atoms with van der Waals surface area (Å²) in [6, 6.07) is 6.70. The number of hydrogen-bond acceptors (Lipinski definition) is 4. The van der Waals surface area contributed by atoms with Crippen LogP contribution in [0.2, 0.25) is 0 Å². The number of rotatable bonds is 5. The molecule has 0 saturated heterocycles. The summed E-state index contributed by atoms with van der Waals surface area (Å²) in [5.41, 5.74) is 0.259. The first-order valence-corrected chi connectivity index (χ1v) is 6.70. The summed E-state index contributed by atoms with van der Waals surface area (Å²) >= 11 is 0. The summed E-state index contributed by atoms with van der Waals surface area (Å²) in [7, 11) is 0. The van der Waals surface area contributed by atoms with Gasteiger partial charge in [-0.3, -0.25) is 0 Å². The second kappa shape index (κ2) is 6.37. The van der Waals surface area contributed by atoms with Crippen LogP contribution in [0, 0.1) is 0 Å². The van der Waals surface area contributed by atoms with Crippen LogP contribution in [0.25, 0.3) is 0 Å². The zero-order valence-electron chi connectivity index (χ0n) is 12.9. The van der Waals surface area contributed by atoms with E-state index in [-0.39, 0.29) is 12.2 Å². The van der Waals surface area contributed by atoms with Crippen LogP contribution >= 0.6 is 0 Å². The van der Waals surface area contributed by atoms with Crippen LogP contribution in [-0.2, 0) is 16.1 Å². The molecule has 4 nitrogen and oxygen atoms in total. The third kappa shape index (κ3) is 5.72. The maximum absolute atomic E-state index is 12.0. The van der Waals surface area contributed by atoms with Crippen LogP contribution in [0.15, 0.2) is 24.3 Å². The summed E-state index contributed by atoms with van der Waals surface area (Å²) < 4.78 is 11.1. The second-order valence-electron chi connectivity index (χ2n) is 6.41. The van der Waals surface area contributed by atoms with Crippen molar-refractivity contribution in [3.05, 3.63) is 35.4 Å². The van der Waals surface area contributed by atoms with Crippen molar-refractivity contribution in [1.29, 1.82) is 0 Å². The fourth-order valence-corrected chi connectivity index (χ4v) is 1.48. The molecule has 0 radical (unpaired) electrons. The number of aliphatic hydroxyl groups is 1. The smallest absolute Gasteiger partial charge is 0.338 e. The highest BCUT2D eigenvalue weighted by atomic mass is 16.6. The van der Waals surface area contributed by atoms with Gasteiger partial charge in [0.25, 0.3) is 0 Å². The molecule has 0 spiro atoms. The molecule has 4 heteroatoms. The first-order chi connectivity index (χ1) is 9.13. The van der Waals surface area contributed by atoms with Crippen molar-refractivity contribution in [2.24, 2.45) is 0 Å². The Morgan fingerprint density at radius 3 is 2.10 bits per heavy atom. The zero-order chi connectivity index (χ0) is 15.4. The van der Waals surface area contributed by atoms with Gasteiger partial charge in [-0.15, -0.1) is 0 Å². The Morgan fingerprint density at radius 2 is 1.65 bits per heavy atom. The van der Waals surface area contributed by atoms with Crippen molar-refractivity contribution in [1.82, 2.24) is 0 Å². The standard InChI is InChI=1S/C16H24O4/c1-15(2,3)19-11-16(4,5)20-14(18)13-8-6-12(10-17)7-9-13/h6-9,17H,10-11H2,1-5H3. The van der Waals surface area contributed by atoms with Gasteiger partial charge >= 0.3 is 5.97 Å². The molecule has 20 heavy (non-hydrogen) atoms. The summed E-state index contributed by atoms with van der Waals surface area (Å²) in [6.07, 6.45) is 0. The maximum atomic E-state index is 12.0. The van der Waals surface area contributed by atoms with E-state index in [9.17, 15) is 4.79 Å². The monoisotopic (exact) mass is 280 g/mol. The highest BCUT2D eigenvalue weighted by Crippen LogP contribution is 2.18. The topological polar surface area (TPSA) is 55.8 Å². The number of benzene rings is 1. The Hall–Kier alpha value is -1.39. The average Bonchev–Trinajstić information content (AvgIpc) is 2.35. The van der Waals surface area contributed by atoms with Crippen LogP contribution < -0.4 is 0 Å². The van der Waals surface area contributed by atoms with Gasteiger partial charge in [0, 0.05) is 0 Å².